The molecule has 0 saturated carbocycles. The summed E-state index contributed by atoms with van der Waals surface area (Å²) in [6.45, 7) is 9.78. The van der Waals surface area contributed by atoms with Crippen LogP contribution in [0, 0.1) is 0 Å². The number of thiazole rings is 1. The van der Waals surface area contributed by atoms with E-state index < -0.39 is 0 Å². The topological polar surface area (TPSA) is 28.2 Å². The summed E-state index contributed by atoms with van der Waals surface area (Å²) in [5, 5.41) is 4.69. The highest BCUT2D eigenvalue weighted by Gasteiger charge is 2.15. The molecule has 0 bridgehead atoms. The van der Waals surface area contributed by atoms with Crippen LogP contribution in [0.1, 0.15) is 25.6 Å². The molecule has 1 saturated heterocycles. The van der Waals surface area contributed by atoms with Crippen LogP contribution in [0.2, 0.25) is 0 Å². The van der Waals surface area contributed by atoms with Crippen molar-refractivity contribution in [2.75, 3.05) is 29.5 Å². The van der Waals surface area contributed by atoms with E-state index in [2.05, 4.69) is 36.0 Å². The van der Waals surface area contributed by atoms with E-state index in [-0.39, 0.29) is 5.54 Å². The van der Waals surface area contributed by atoms with E-state index in [1.807, 2.05) is 29.3 Å². The predicted octanol–water partition coefficient (Wildman–Crippen LogP) is 2.58. The zero-order chi connectivity index (χ0) is 12.3. The Hall–Kier alpha value is -0.260. The molecule has 2 heterocycles. The predicted molar refractivity (Wildman–Crippen MR) is 78.2 cm³/mol. The van der Waals surface area contributed by atoms with Crippen molar-refractivity contribution in [3.63, 3.8) is 0 Å². The number of hydrogen-bond donors (Lipinski definition) is 1. The average Bonchev–Trinajstić information content (AvgIpc) is 2.75. The zero-order valence-electron chi connectivity index (χ0n) is 10.8. The molecule has 0 aliphatic carbocycles. The Labute approximate surface area is 112 Å². The molecule has 5 heteroatoms. The van der Waals surface area contributed by atoms with Gasteiger partial charge in [0.25, 0.3) is 0 Å². The summed E-state index contributed by atoms with van der Waals surface area (Å²) in [5.74, 6) is 2.46. The third kappa shape index (κ3) is 4.16. The standard InChI is InChI=1S/C12H21N3S2/c1-12(2,3)14-9-10-8-13-11(17-10)15-4-6-16-7-5-15/h8,14H,4-7,9H2,1-3H3. The Kier molecular flexibility index (Phi) is 4.33. The lowest BCUT2D eigenvalue weighted by molar-refractivity contribution is 0.426. The van der Waals surface area contributed by atoms with Crippen LogP contribution in [0.3, 0.4) is 0 Å². The van der Waals surface area contributed by atoms with Crippen LogP contribution in [0.25, 0.3) is 0 Å². The molecule has 1 aromatic heterocycles. The highest BCUT2D eigenvalue weighted by atomic mass is 32.2. The molecule has 3 nitrogen and oxygen atoms in total. The Bertz CT molecular complexity index is 351. The second-order valence-electron chi connectivity index (χ2n) is 5.31. The summed E-state index contributed by atoms with van der Waals surface area (Å²) in [6.07, 6.45) is 2.01. The Morgan fingerprint density at radius 2 is 2.06 bits per heavy atom. The minimum atomic E-state index is 0.173. The molecule has 0 spiro atoms. The second-order valence-corrected chi connectivity index (χ2v) is 7.63. The number of nitrogens with one attached hydrogen (secondary N) is 1. The Morgan fingerprint density at radius 1 is 1.35 bits per heavy atom. The number of rotatable bonds is 3. The highest BCUT2D eigenvalue weighted by molar-refractivity contribution is 7.99. The molecule has 17 heavy (non-hydrogen) atoms. The van der Waals surface area contributed by atoms with E-state index in [0.717, 1.165) is 19.6 Å². The van der Waals surface area contributed by atoms with Gasteiger partial charge in [0, 0.05) is 47.8 Å². The van der Waals surface area contributed by atoms with Crippen molar-refractivity contribution >= 4 is 28.2 Å². The van der Waals surface area contributed by atoms with Crippen molar-refractivity contribution in [3.8, 4) is 0 Å². The maximum absolute atomic E-state index is 4.54. The van der Waals surface area contributed by atoms with E-state index in [0.29, 0.717) is 0 Å². The van der Waals surface area contributed by atoms with Crippen LogP contribution < -0.4 is 10.2 Å². The molecule has 96 valence electrons. The Balaban J connectivity index is 1.91. The van der Waals surface area contributed by atoms with E-state index in [1.165, 1.54) is 21.5 Å². The van der Waals surface area contributed by atoms with Crippen LogP contribution in [0.4, 0.5) is 5.13 Å². The maximum Gasteiger partial charge on any atom is 0.185 e. The minimum absolute atomic E-state index is 0.173. The molecule has 0 atom stereocenters. The number of anilines is 1. The summed E-state index contributed by atoms with van der Waals surface area (Å²) in [4.78, 5) is 8.27. The number of aromatic nitrogens is 1. The third-order valence-electron chi connectivity index (χ3n) is 2.62. The maximum atomic E-state index is 4.54. The number of thioether (sulfide) groups is 1. The van der Waals surface area contributed by atoms with Gasteiger partial charge in [0.05, 0.1) is 0 Å². The van der Waals surface area contributed by atoms with Gasteiger partial charge in [-0.15, -0.1) is 11.3 Å². The van der Waals surface area contributed by atoms with Crippen molar-refractivity contribution < 1.29 is 0 Å². The first-order chi connectivity index (χ1) is 8.04. The summed E-state index contributed by atoms with van der Waals surface area (Å²) < 4.78 is 0. The first-order valence-electron chi connectivity index (χ1n) is 6.07. The minimum Gasteiger partial charge on any atom is -0.346 e. The van der Waals surface area contributed by atoms with Crippen molar-refractivity contribution in [1.29, 1.82) is 0 Å². The molecule has 1 aromatic rings. The van der Waals surface area contributed by atoms with Gasteiger partial charge < -0.3 is 10.2 Å². The van der Waals surface area contributed by atoms with Crippen molar-refractivity contribution in [2.45, 2.75) is 32.9 Å². The summed E-state index contributed by atoms with van der Waals surface area (Å²) in [6, 6.07) is 0. The molecular formula is C12H21N3S2. The number of hydrogen-bond acceptors (Lipinski definition) is 5. The molecule has 1 N–H and O–H groups in total. The van der Waals surface area contributed by atoms with Crippen LogP contribution in [0.5, 0.6) is 0 Å². The van der Waals surface area contributed by atoms with E-state index in [9.17, 15) is 0 Å². The lowest BCUT2D eigenvalue weighted by atomic mass is 10.1. The molecule has 1 aliphatic heterocycles. The van der Waals surface area contributed by atoms with Crippen molar-refractivity contribution in [2.24, 2.45) is 0 Å². The largest absolute Gasteiger partial charge is 0.346 e. The molecular weight excluding hydrogens is 250 g/mol. The fraction of sp³-hybridized carbons (Fsp3) is 0.750. The summed E-state index contributed by atoms with van der Waals surface area (Å²) in [7, 11) is 0. The zero-order valence-corrected chi connectivity index (χ0v) is 12.5. The van der Waals surface area contributed by atoms with Gasteiger partial charge in [-0.2, -0.15) is 11.8 Å². The van der Waals surface area contributed by atoms with Crippen molar-refractivity contribution in [1.82, 2.24) is 10.3 Å². The van der Waals surface area contributed by atoms with E-state index >= 15 is 0 Å². The molecule has 0 radical (unpaired) electrons. The molecule has 2 rings (SSSR count). The van der Waals surface area contributed by atoms with Gasteiger partial charge in [0.2, 0.25) is 0 Å². The van der Waals surface area contributed by atoms with Crippen LogP contribution in [-0.2, 0) is 6.54 Å². The fourth-order valence-corrected chi connectivity index (χ4v) is 3.44. The van der Waals surface area contributed by atoms with Gasteiger partial charge in [-0.1, -0.05) is 0 Å². The quantitative estimate of drug-likeness (QED) is 0.914. The highest BCUT2D eigenvalue weighted by Crippen LogP contribution is 2.25. The average molecular weight is 271 g/mol. The third-order valence-corrected chi connectivity index (χ3v) is 4.62. The normalized spacial score (nSPS) is 17.5. The second kappa shape index (κ2) is 5.59. The fourth-order valence-electron chi connectivity index (χ4n) is 1.63. The Morgan fingerprint density at radius 3 is 2.71 bits per heavy atom. The first-order valence-corrected chi connectivity index (χ1v) is 8.04. The first kappa shape index (κ1) is 13.2. The van der Waals surface area contributed by atoms with Gasteiger partial charge in [-0.25, -0.2) is 4.98 Å². The van der Waals surface area contributed by atoms with Gasteiger partial charge in [0.1, 0.15) is 0 Å². The van der Waals surface area contributed by atoms with E-state index in [1.54, 1.807) is 0 Å². The number of nitrogens with zero attached hydrogens (tertiary/aromatic N) is 2. The van der Waals surface area contributed by atoms with Gasteiger partial charge >= 0.3 is 0 Å². The molecule has 1 fully saturated rings. The SMILES string of the molecule is CC(C)(C)NCc1cnc(N2CCSCC2)s1. The van der Waals surface area contributed by atoms with Crippen LogP contribution >= 0.6 is 23.1 Å². The molecule has 0 amide bonds. The lowest BCUT2D eigenvalue weighted by Crippen LogP contribution is -2.34. The summed E-state index contributed by atoms with van der Waals surface area (Å²) >= 11 is 3.86. The van der Waals surface area contributed by atoms with Gasteiger partial charge in [0.15, 0.2) is 5.13 Å². The molecule has 0 aromatic carbocycles. The molecule has 0 unspecified atom stereocenters. The van der Waals surface area contributed by atoms with E-state index in [4.69, 9.17) is 0 Å². The van der Waals surface area contributed by atoms with Crippen molar-refractivity contribution in [3.05, 3.63) is 11.1 Å². The van der Waals surface area contributed by atoms with Crippen LogP contribution in [-0.4, -0.2) is 35.1 Å². The van der Waals surface area contributed by atoms with Gasteiger partial charge in [-0.05, 0) is 20.8 Å². The van der Waals surface area contributed by atoms with Gasteiger partial charge in [-0.3, -0.25) is 0 Å². The lowest BCUT2D eigenvalue weighted by Gasteiger charge is -2.25. The monoisotopic (exact) mass is 271 g/mol. The summed E-state index contributed by atoms with van der Waals surface area (Å²) in [5.41, 5.74) is 0.173. The molecule has 1 aliphatic rings. The smallest absolute Gasteiger partial charge is 0.185 e. The van der Waals surface area contributed by atoms with Crippen LogP contribution in [0.15, 0.2) is 6.20 Å².